The van der Waals surface area contributed by atoms with Crippen molar-refractivity contribution in [2.24, 2.45) is 5.73 Å². The molecule has 0 aliphatic heterocycles. The van der Waals surface area contributed by atoms with Crippen molar-refractivity contribution in [3.63, 3.8) is 0 Å². The fourth-order valence-corrected chi connectivity index (χ4v) is 1.31. The van der Waals surface area contributed by atoms with E-state index in [-0.39, 0.29) is 11.9 Å². The van der Waals surface area contributed by atoms with E-state index in [9.17, 15) is 4.39 Å². The molecule has 0 saturated heterocycles. The number of rotatable bonds is 2. The van der Waals surface area contributed by atoms with Gasteiger partial charge in [-0.2, -0.15) is 5.10 Å². The molecule has 0 amide bonds. The second-order valence-electron chi connectivity index (χ2n) is 3.48. The SMILES string of the molecule is CC(N)c1cnn(-c2ccc(F)cc2)c1. The summed E-state index contributed by atoms with van der Waals surface area (Å²) in [6, 6.07) is 6.12. The van der Waals surface area contributed by atoms with Crippen LogP contribution in [0.3, 0.4) is 0 Å². The van der Waals surface area contributed by atoms with E-state index >= 15 is 0 Å². The van der Waals surface area contributed by atoms with Crippen LogP contribution in [-0.2, 0) is 0 Å². The van der Waals surface area contributed by atoms with Crippen molar-refractivity contribution >= 4 is 0 Å². The highest BCUT2D eigenvalue weighted by Crippen LogP contribution is 2.12. The minimum Gasteiger partial charge on any atom is -0.324 e. The van der Waals surface area contributed by atoms with E-state index in [0.29, 0.717) is 0 Å². The number of halogens is 1. The van der Waals surface area contributed by atoms with Gasteiger partial charge in [0, 0.05) is 17.8 Å². The van der Waals surface area contributed by atoms with Crippen molar-refractivity contribution in [1.29, 1.82) is 0 Å². The van der Waals surface area contributed by atoms with Gasteiger partial charge in [0.1, 0.15) is 5.82 Å². The van der Waals surface area contributed by atoms with Crippen molar-refractivity contribution in [3.8, 4) is 5.69 Å². The lowest BCUT2D eigenvalue weighted by atomic mass is 10.2. The first-order chi connectivity index (χ1) is 7.16. The second kappa shape index (κ2) is 3.82. The van der Waals surface area contributed by atoms with Crippen LogP contribution in [0.2, 0.25) is 0 Å². The molecule has 3 nitrogen and oxygen atoms in total. The summed E-state index contributed by atoms with van der Waals surface area (Å²) in [5, 5.41) is 4.15. The third kappa shape index (κ3) is 2.05. The Balaban J connectivity index is 2.33. The molecule has 0 radical (unpaired) electrons. The molecule has 4 heteroatoms. The van der Waals surface area contributed by atoms with Gasteiger partial charge < -0.3 is 5.73 Å². The van der Waals surface area contributed by atoms with Crippen LogP contribution in [0.5, 0.6) is 0 Å². The molecule has 0 aliphatic rings. The molecule has 0 bridgehead atoms. The van der Waals surface area contributed by atoms with E-state index in [1.54, 1.807) is 23.0 Å². The van der Waals surface area contributed by atoms with Crippen LogP contribution in [-0.4, -0.2) is 9.78 Å². The van der Waals surface area contributed by atoms with E-state index in [4.69, 9.17) is 5.73 Å². The lowest BCUT2D eigenvalue weighted by Gasteiger charge is -2.01. The van der Waals surface area contributed by atoms with Crippen molar-refractivity contribution < 1.29 is 4.39 Å². The summed E-state index contributed by atoms with van der Waals surface area (Å²) < 4.78 is 14.4. The molecule has 1 aromatic carbocycles. The van der Waals surface area contributed by atoms with Crippen molar-refractivity contribution in [2.75, 3.05) is 0 Å². The van der Waals surface area contributed by atoms with Crippen molar-refractivity contribution in [2.45, 2.75) is 13.0 Å². The number of hydrogen-bond acceptors (Lipinski definition) is 2. The molecule has 1 atom stereocenters. The van der Waals surface area contributed by atoms with Crippen LogP contribution in [0.4, 0.5) is 4.39 Å². The van der Waals surface area contributed by atoms with Gasteiger partial charge in [-0.3, -0.25) is 0 Å². The topological polar surface area (TPSA) is 43.8 Å². The van der Waals surface area contributed by atoms with Crippen LogP contribution >= 0.6 is 0 Å². The predicted molar refractivity (Wildman–Crippen MR) is 56.1 cm³/mol. The highest BCUT2D eigenvalue weighted by atomic mass is 19.1. The summed E-state index contributed by atoms with van der Waals surface area (Å²) in [5.41, 5.74) is 7.50. The zero-order chi connectivity index (χ0) is 10.8. The van der Waals surface area contributed by atoms with Gasteiger partial charge in [0.2, 0.25) is 0 Å². The molecular weight excluding hydrogens is 193 g/mol. The summed E-state index contributed by atoms with van der Waals surface area (Å²) in [6.45, 7) is 1.89. The molecule has 2 rings (SSSR count). The Morgan fingerprint density at radius 3 is 2.53 bits per heavy atom. The standard InChI is InChI=1S/C11H12FN3/c1-8(13)9-6-14-15(7-9)11-4-2-10(12)3-5-11/h2-8H,13H2,1H3. The third-order valence-electron chi connectivity index (χ3n) is 2.22. The summed E-state index contributed by atoms with van der Waals surface area (Å²) in [6.07, 6.45) is 3.56. The fourth-order valence-electron chi connectivity index (χ4n) is 1.31. The molecule has 2 N–H and O–H groups in total. The first kappa shape index (κ1) is 9.86. The molecule has 1 heterocycles. The van der Waals surface area contributed by atoms with Gasteiger partial charge in [-0.25, -0.2) is 9.07 Å². The van der Waals surface area contributed by atoms with Crippen LogP contribution in [0.25, 0.3) is 5.69 Å². The predicted octanol–water partition coefficient (Wildman–Crippen LogP) is 2.03. The molecule has 0 spiro atoms. The Morgan fingerprint density at radius 2 is 2.00 bits per heavy atom. The summed E-state index contributed by atoms with van der Waals surface area (Å²) in [7, 11) is 0. The number of benzene rings is 1. The van der Waals surface area contributed by atoms with E-state index < -0.39 is 0 Å². The molecule has 0 fully saturated rings. The molecule has 15 heavy (non-hydrogen) atoms. The quantitative estimate of drug-likeness (QED) is 0.815. The average Bonchev–Trinajstić information content (AvgIpc) is 2.68. The average molecular weight is 205 g/mol. The maximum Gasteiger partial charge on any atom is 0.123 e. The Hall–Kier alpha value is -1.68. The van der Waals surface area contributed by atoms with E-state index in [0.717, 1.165) is 11.3 Å². The summed E-state index contributed by atoms with van der Waals surface area (Å²) in [5.74, 6) is -0.252. The first-order valence-electron chi connectivity index (χ1n) is 4.73. The zero-order valence-corrected chi connectivity index (χ0v) is 8.39. The van der Waals surface area contributed by atoms with Crippen LogP contribution < -0.4 is 5.73 Å². The Labute approximate surface area is 87.3 Å². The van der Waals surface area contributed by atoms with Crippen LogP contribution in [0, 0.1) is 5.82 Å². The normalized spacial score (nSPS) is 12.7. The number of nitrogens with zero attached hydrogens (tertiary/aromatic N) is 2. The van der Waals surface area contributed by atoms with Gasteiger partial charge >= 0.3 is 0 Å². The van der Waals surface area contributed by atoms with Crippen LogP contribution in [0.15, 0.2) is 36.7 Å². The van der Waals surface area contributed by atoms with Gasteiger partial charge in [-0.05, 0) is 31.2 Å². The highest BCUT2D eigenvalue weighted by Gasteiger charge is 2.04. The molecule has 0 saturated carbocycles. The molecule has 1 unspecified atom stereocenters. The first-order valence-corrected chi connectivity index (χ1v) is 4.73. The monoisotopic (exact) mass is 205 g/mol. The molecule has 78 valence electrons. The molecular formula is C11H12FN3. The minimum absolute atomic E-state index is 0.0424. The van der Waals surface area contributed by atoms with Crippen LogP contribution in [0.1, 0.15) is 18.5 Å². The number of aromatic nitrogens is 2. The fraction of sp³-hybridized carbons (Fsp3) is 0.182. The van der Waals surface area contributed by atoms with E-state index in [2.05, 4.69) is 5.10 Å². The lowest BCUT2D eigenvalue weighted by molar-refractivity contribution is 0.627. The van der Waals surface area contributed by atoms with E-state index in [1.165, 1.54) is 12.1 Å². The number of nitrogens with two attached hydrogens (primary N) is 1. The van der Waals surface area contributed by atoms with Gasteiger partial charge in [0.15, 0.2) is 0 Å². The highest BCUT2D eigenvalue weighted by molar-refractivity contribution is 5.31. The Morgan fingerprint density at radius 1 is 1.33 bits per heavy atom. The molecule has 2 aromatic rings. The van der Waals surface area contributed by atoms with Gasteiger partial charge in [0.05, 0.1) is 11.9 Å². The van der Waals surface area contributed by atoms with E-state index in [1.807, 2.05) is 13.1 Å². The largest absolute Gasteiger partial charge is 0.324 e. The van der Waals surface area contributed by atoms with Gasteiger partial charge in [0.25, 0.3) is 0 Å². The summed E-state index contributed by atoms with van der Waals surface area (Å²) in [4.78, 5) is 0. The van der Waals surface area contributed by atoms with Crippen molar-refractivity contribution in [3.05, 3.63) is 48.0 Å². The maximum absolute atomic E-state index is 12.7. The maximum atomic E-state index is 12.7. The van der Waals surface area contributed by atoms with Crippen molar-refractivity contribution in [1.82, 2.24) is 9.78 Å². The zero-order valence-electron chi connectivity index (χ0n) is 8.39. The smallest absolute Gasteiger partial charge is 0.123 e. The second-order valence-corrected chi connectivity index (χ2v) is 3.48. The lowest BCUT2D eigenvalue weighted by Crippen LogP contribution is -2.03. The Bertz CT molecular complexity index is 445. The van der Waals surface area contributed by atoms with Gasteiger partial charge in [-0.1, -0.05) is 0 Å². The third-order valence-corrected chi connectivity index (χ3v) is 2.22. The number of hydrogen-bond donors (Lipinski definition) is 1. The molecule has 0 aliphatic carbocycles. The van der Waals surface area contributed by atoms with Gasteiger partial charge in [-0.15, -0.1) is 0 Å². The minimum atomic E-state index is -0.252. The Kier molecular flexibility index (Phi) is 2.51. The molecule has 1 aromatic heterocycles. The summed E-state index contributed by atoms with van der Waals surface area (Å²) >= 11 is 0.